The molecule has 0 aliphatic rings. The molecule has 0 saturated heterocycles. The smallest absolute Gasteiger partial charge is 0.263 e. The zero-order chi connectivity index (χ0) is 13.7. The molecule has 1 amide bonds. The van der Waals surface area contributed by atoms with Gasteiger partial charge in [-0.2, -0.15) is 0 Å². The van der Waals surface area contributed by atoms with Crippen LogP contribution >= 0.6 is 15.9 Å². The molecule has 0 bridgehead atoms. The zero-order valence-corrected chi connectivity index (χ0v) is 12.5. The number of benzene rings is 1. The molecule has 100 valence electrons. The van der Waals surface area contributed by atoms with Crippen molar-refractivity contribution in [3.05, 3.63) is 22.7 Å². The molecule has 2 N–H and O–H groups in total. The Morgan fingerprint density at radius 2 is 2.00 bits per heavy atom. The molecule has 0 radical (unpaired) electrons. The summed E-state index contributed by atoms with van der Waals surface area (Å²) in [6, 6.07) is 5.28. The Bertz CT molecular complexity index is 399. The molecule has 0 fully saturated rings. The summed E-state index contributed by atoms with van der Waals surface area (Å²) in [5, 5.41) is 0. The normalized spacial score (nSPS) is 12.0. The Morgan fingerprint density at radius 1 is 1.39 bits per heavy atom. The molecule has 1 aromatic rings. The molecule has 0 aliphatic heterocycles. The van der Waals surface area contributed by atoms with Crippen LogP contribution in [0.25, 0.3) is 0 Å². The first-order valence-corrected chi connectivity index (χ1v) is 6.78. The van der Waals surface area contributed by atoms with Gasteiger partial charge in [0.15, 0.2) is 6.10 Å². The maximum absolute atomic E-state index is 12.0. The molecule has 0 saturated carbocycles. The highest BCUT2D eigenvalue weighted by molar-refractivity contribution is 9.10. The first-order valence-electron chi connectivity index (χ1n) is 5.99. The van der Waals surface area contributed by atoms with Crippen molar-refractivity contribution in [1.29, 1.82) is 0 Å². The Kier molecular flexibility index (Phi) is 5.47. The number of nitrogens with two attached hydrogens (primary N) is 1. The number of halogens is 1. The Morgan fingerprint density at radius 3 is 2.50 bits per heavy atom. The number of hydrogen-bond acceptors (Lipinski definition) is 3. The third kappa shape index (κ3) is 3.91. The number of nitrogen functional groups attached to an aromatic ring is 1. The van der Waals surface area contributed by atoms with E-state index in [1.807, 2.05) is 13.8 Å². The van der Waals surface area contributed by atoms with Gasteiger partial charge in [0.25, 0.3) is 5.91 Å². The topological polar surface area (TPSA) is 55.6 Å². The standard InChI is InChI=1S/C13H19BrN2O2/c1-4-16(5-2)13(17)9(3)18-12-7-10(14)6-11(15)8-12/h6-9H,4-5,15H2,1-3H3. The van der Waals surface area contributed by atoms with E-state index in [1.54, 1.807) is 30.0 Å². The second-order valence-electron chi connectivity index (χ2n) is 3.99. The van der Waals surface area contributed by atoms with E-state index in [2.05, 4.69) is 15.9 Å². The number of anilines is 1. The summed E-state index contributed by atoms with van der Waals surface area (Å²) in [5.41, 5.74) is 6.32. The molecule has 4 nitrogen and oxygen atoms in total. The van der Waals surface area contributed by atoms with Gasteiger partial charge in [-0.3, -0.25) is 4.79 Å². The molecule has 5 heteroatoms. The predicted molar refractivity (Wildman–Crippen MR) is 76.6 cm³/mol. The second kappa shape index (κ2) is 6.64. The molecule has 1 unspecified atom stereocenters. The highest BCUT2D eigenvalue weighted by Crippen LogP contribution is 2.23. The van der Waals surface area contributed by atoms with E-state index in [0.29, 0.717) is 24.5 Å². The van der Waals surface area contributed by atoms with Gasteiger partial charge in [0.1, 0.15) is 5.75 Å². The van der Waals surface area contributed by atoms with Crippen molar-refractivity contribution in [2.75, 3.05) is 18.8 Å². The van der Waals surface area contributed by atoms with Gasteiger partial charge in [0.2, 0.25) is 0 Å². The van der Waals surface area contributed by atoms with Crippen molar-refractivity contribution >= 4 is 27.5 Å². The van der Waals surface area contributed by atoms with Crippen molar-refractivity contribution in [1.82, 2.24) is 4.90 Å². The van der Waals surface area contributed by atoms with E-state index < -0.39 is 6.10 Å². The van der Waals surface area contributed by atoms with Gasteiger partial charge in [-0.25, -0.2) is 0 Å². The highest BCUT2D eigenvalue weighted by atomic mass is 79.9. The van der Waals surface area contributed by atoms with Crippen LogP contribution in [0.15, 0.2) is 22.7 Å². The van der Waals surface area contributed by atoms with Crippen LogP contribution in [0.4, 0.5) is 5.69 Å². The van der Waals surface area contributed by atoms with Crippen LogP contribution in [0.1, 0.15) is 20.8 Å². The largest absolute Gasteiger partial charge is 0.481 e. The number of amides is 1. The van der Waals surface area contributed by atoms with Crippen molar-refractivity contribution in [3.63, 3.8) is 0 Å². The number of carbonyl (C=O) groups excluding carboxylic acids is 1. The lowest BCUT2D eigenvalue weighted by atomic mass is 10.3. The minimum Gasteiger partial charge on any atom is -0.481 e. The molecule has 0 heterocycles. The predicted octanol–water partition coefficient (Wildman–Crippen LogP) is 2.67. The fourth-order valence-corrected chi connectivity index (χ4v) is 2.19. The second-order valence-corrected chi connectivity index (χ2v) is 4.91. The molecular weight excluding hydrogens is 296 g/mol. The van der Waals surface area contributed by atoms with Gasteiger partial charge in [-0.05, 0) is 32.9 Å². The summed E-state index contributed by atoms with van der Waals surface area (Å²) in [4.78, 5) is 13.8. The number of nitrogens with zero attached hydrogens (tertiary/aromatic N) is 1. The van der Waals surface area contributed by atoms with E-state index in [4.69, 9.17) is 10.5 Å². The summed E-state index contributed by atoms with van der Waals surface area (Å²) in [6.07, 6.45) is -0.515. The quantitative estimate of drug-likeness (QED) is 0.850. The monoisotopic (exact) mass is 314 g/mol. The van der Waals surface area contributed by atoms with Crippen molar-refractivity contribution in [2.24, 2.45) is 0 Å². The van der Waals surface area contributed by atoms with Crippen LogP contribution in [0.3, 0.4) is 0 Å². The molecule has 0 spiro atoms. The summed E-state index contributed by atoms with van der Waals surface area (Å²) < 4.78 is 6.45. The van der Waals surface area contributed by atoms with Gasteiger partial charge in [-0.1, -0.05) is 15.9 Å². The van der Waals surface area contributed by atoms with Gasteiger partial charge in [-0.15, -0.1) is 0 Å². The number of likely N-dealkylation sites (N-methyl/N-ethyl adjacent to an activating group) is 1. The average Bonchev–Trinajstić information content (AvgIpc) is 2.28. The van der Waals surface area contributed by atoms with Gasteiger partial charge in [0, 0.05) is 29.3 Å². The zero-order valence-electron chi connectivity index (χ0n) is 10.9. The first-order chi connectivity index (χ1) is 8.47. The summed E-state index contributed by atoms with van der Waals surface area (Å²) in [6.45, 7) is 7.02. The summed E-state index contributed by atoms with van der Waals surface area (Å²) in [7, 11) is 0. The van der Waals surface area contributed by atoms with Crippen LogP contribution in [-0.4, -0.2) is 30.0 Å². The van der Waals surface area contributed by atoms with Crippen molar-refractivity contribution in [3.8, 4) is 5.75 Å². The van der Waals surface area contributed by atoms with E-state index in [0.717, 1.165) is 4.47 Å². The lowest BCUT2D eigenvalue weighted by Crippen LogP contribution is -2.40. The van der Waals surface area contributed by atoms with E-state index in [-0.39, 0.29) is 5.91 Å². The Balaban J connectivity index is 2.74. The summed E-state index contributed by atoms with van der Waals surface area (Å²) in [5.74, 6) is 0.577. The van der Waals surface area contributed by atoms with Crippen LogP contribution in [0, 0.1) is 0 Å². The van der Waals surface area contributed by atoms with Crippen LogP contribution in [-0.2, 0) is 4.79 Å². The van der Waals surface area contributed by atoms with Crippen molar-refractivity contribution in [2.45, 2.75) is 26.9 Å². The third-order valence-electron chi connectivity index (χ3n) is 2.63. The SMILES string of the molecule is CCN(CC)C(=O)C(C)Oc1cc(N)cc(Br)c1. The Labute approximate surface area is 116 Å². The maximum Gasteiger partial charge on any atom is 0.263 e. The Hall–Kier alpha value is -1.23. The van der Waals surface area contributed by atoms with Crippen LogP contribution < -0.4 is 10.5 Å². The van der Waals surface area contributed by atoms with Crippen LogP contribution in [0.5, 0.6) is 5.75 Å². The number of rotatable bonds is 5. The molecule has 0 aliphatic carbocycles. The molecule has 1 atom stereocenters. The van der Waals surface area contributed by atoms with Gasteiger partial charge >= 0.3 is 0 Å². The van der Waals surface area contributed by atoms with E-state index >= 15 is 0 Å². The van der Waals surface area contributed by atoms with Gasteiger partial charge < -0.3 is 15.4 Å². The number of ether oxygens (including phenoxy) is 1. The van der Waals surface area contributed by atoms with Crippen molar-refractivity contribution < 1.29 is 9.53 Å². The fourth-order valence-electron chi connectivity index (χ4n) is 1.70. The average molecular weight is 315 g/mol. The minimum absolute atomic E-state index is 0.0152. The molecule has 18 heavy (non-hydrogen) atoms. The maximum atomic E-state index is 12.0. The van der Waals surface area contributed by atoms with E-state index in [9.17, 15) is 4.79 Å². The van der Waals surface area contributed by atoms with E-state index in [1.165, 1.54) is 0 Å². The molecule has 1 rings (SSSR count). The minimum atomic E-state index is -0.515. The lowest BCUT2D eigenvalue weighted by Gasteiger charge is -2.23. The molecule has 0 aromatic heterocycles. The van der Waals surface area contributed by atoms with Crippen LogP contribution in [0.2, 0.25) is 0 Å². The fraction of sp³-hybridized carbons (Fsp3) is 0.462. The first kappa shape index (κ1) is 14.8. The third-order valence-corrected chi connectivity index (χ3v) is 3.09. The van der Waals surface area contributed by atoms with Gasteiger partial charge in [0.05, 0.1) is 0 Å². The number of hydrogen-bond donors (Lipinski definition) is 1. The number of carbonyl (C=O) groups is 1. The lowest BCUT2D eigenvalue weighted by molar-refractivity contribution is -0.137. The molecular formula is C13H19BrN2O2. The molecule has 1 aromatic carbocycles. The highest BCUT2D eigenvalue weighted by Gasteiger charge is 2.19. The summed E-state index contributed by atoms with van der Waals surface area (Å²) >= 11 is 3.34.